The molecule has 2 N–H and O–H groups in total. The predicted octanol–water partition coefficient (Wildman–Crippen LogP) is 2.56. The molecule has 0 amide bonds. The van der Waals surface area contributed by atoms with E-state index >= 15 is 0 Å². The largest absolute Gasteiger partial charge is 0.478 e. The summed E-state index contributed by atoms with van der Waals surface area (Å²) in [6.45, 7) is 5.60. The Morgan fingerprint density at radius 2 is 2.21 bits per heavy atom. The Kier molecular flexibility index (Phi) is 3.50. The SMILES string of the molecule is Cc1noc(C)c1C(C)Nc1cnccc1C(=O)O. The molecule has 2 heterocycles. The molecule has 0 radical (unpaired) electrons. The lowest BCUT2D eigenvalue weighted by Crippen LogP contribution is -2.12. The Bertz CT molecular complexity index is 587. The summed E-state index contributed by atoms with van der Waals surface area (Å²) in [4.78, 5) is 15.1. The van der Waals surface area contributed by atoms with E-state index in [0.717, 1.165) is 17.0 Å². The Balaban J connectivity index is 2.29. The van der Waals surface area contributed by atoms with Crippen LogP contribution in [0, 0.1) is 13.8 Å². The van der Waals surface area contributed by atoms with Crippen molar-refractivity contribution >= 4 is 11.7 Å². The minimum atomic E-state index is -0.990. The third-order valence-corrected chi connectivity index (χ3v) is 2.95. The van der Waals surface area contributed by atoms with Crippen LogP contribution in [-0.4, -0.2) is 21.2 Å². The van der Waals surface area contributed by atoms with Crippen molar-refractivity contribution in [2.45, 2.75) is 26.8 Å². The minimum Gasteiger partial charge on any atom is -0.478 e. The molecule has 1 atom stereocenters. The van der Waals surface area contributed by atoms with Gasteiger partial charge in [-0.3, -0.25) is 4.98 Å². The first-order valence-corrected chi connectivity index (χ1v) is 5.87. The van der Waals surface area contributed by atoms with Crippen molar-refractivity contribution in [3.8, 4) is 0 Å². The number of aromatic carboxylic acids is 1. The maximum atomic E-state index is 11.1. The lowest BCUT2D eigenvalue weighted by atomic mass is 10.1. The van der Waals surface area contributed by atoms with E-state index in [1.165, 1.54) is 18.5 Å². The highest BCUT2D eigenvalue weighted by molar-refractivity contribution is 5.93. The molecule has 100 valence electrons. The van der Waals surface area contributed by atoms with Crippen LogP contribution in [0.4, 0.5) is 5.69 Å². The van der Waals surface area contributed by atoms with Crippen LogP contribution in [0.5, 0.6) is 0 Å². The lowest BCUT2D eigenvalue weighted by Gasteiger charge is -2.16. The van der Waals surface area contributed by atoms with Crippen LogP contribution in [0.1, 0.15) is 40.3 Å². The van der Waals surface area contributed by atoms with E-state index in [4.69, 9.17) is 9.63 Å². The van der Waals surface area contributed by atoms with Gasteiger partial charge in [-0.05, 0) is 26.8 Å². The summed E-state index contributed by atoms with van der Waals surface area (Å²) >= 11 is 0. The van der Waals surface area contributed by atoms with Crippen molar-refractivity contribution in [2.24, 2.45) is 0 Å². The average molecular weight is 261 g/mol. The third kappa shape index (κ3) is 2.57. The van der Waals surface area contributed by atoms with Gasteiger partial charge in [-0.15, -0.1) is 0 Å². The van der Waals surface area contributed by atoms with Gasteiger partial charge < -0.3 is 14.9 Å². The fourth-order valence-electron chi connectivity index (χ4n) is 2.11. The molecule has 19 heavy (non-hydrogen) atoms. The molecule has 2 rings (SSSR count). The van der Waals surface area contributed by atoms with Crippen LogP contribution in [0.3, 0.4) is 0 Å². The standard InChI is InChI=1S/C13H15N3O3/c1-7(12-8(2)16-19-9(12)3)15-11-6-14-5-4-10(11)13(17)18/h4-7,15H,1-3H3,(H,17,18). The first-order valence-electron chi connectivity index (χ1n) is 5.87. The van der Waals surface area contributed by atoms with Gasteiger partial charge in [0.15, 0.2) is 0 Å². The Morgan fingerprint density at radius 3 is 2.79 bits per heavy atom. The molecular formula is C13H15N3O3. The number of pyridine rings is 1. The molecule has 0 saturated heterocycles. The van der Waals surface area contributed by atoms with Crippen LogP contribution in [0.15, 0.2) is 23.0 Å². The molecule has 2 aromatic heterocycles. The number of nitrogens with zero attached hydrogens (tertiary/aromatic N) is 2. The fourth-order valence-corrected chi connectivity index (χ4v) is 2.11. The summed E-state index contributed by atoms with van der Waals surface area (Å²) in [6.07, 6.45) is 2.95. The smallest absolute Gasteiger partial charge is 0.337 e. The molecule has 0 aliphatic rings. The topological polar surface area (TPSA) is 88.3 Å². The number of carbonyl (C=O) groups is 1. The molecule has 0 saturated carbocycles. The molecule has 0 bridgehead atoms. The molecule has 0 fully saturated rings. The van der Waals surface area contributed by atoms with Crippen LogP contribution in [0.2, 0.25) is 0 Å². The van der Waals surface area contributed by atoms with Crippen LogP contribution in [0.25, 0.3) is 0 Å². The highest BCUT2D eigenvalue weighted by Gasteiger charge is 2.18. The van der Waals surface area contributed by atoms with E-state index in [1.807, 2.05) is 20.8 Å². The van der Waals surface area contributed by atoms with Crippen molar-refractivity contribution in [3.63, 3.8) is 0 Å². The van der Waals surface area contributed by atoms with E-state index in [9.17, 15) is 4.79 Å². The number of rotatable bonds is 4. The number of aryl methyl sites for hydroxylation is 2. The van der Waals surface area contributed by atoms with Gasteiger partial charge in [0.1, 0.15) is 5.76 Å². The summed E-state index contributed by atoms with van der Waals surface area (Å²) in [5, 5.41) is 16.1. The maximum absolute atomic E-state index is 11.1. The number of carboxylic acids is 1. The van der Waals surface area contributed by atoms with Crippen molar-refractivity contribution in [1.82, 2.24) is 10.1 Å². The number of aromatic nitrogens is 2. The molecule has 0 aliphatic heterocycles. The normalized spacial score (nSPS) is 12.2. The lowest BCUT2D eigenvalue weighted by molar-refractivity contribution is 0.0698. The van der Waals surface area contributed by atoms with E-state index in [-0.39, 0.29) is 11.6 Å². The van der Waals surface area contributed by atoms with Crippen molar-refractivity contribution in [1.29, 1.82) is 0 Å². The van der Waals surface area contributed by atoms with Gasteiger partial charge in [0, 0.05) is 11.8 Å². The van der Waals surface area contributed by atoms with Gasteiger partial charge in [-0.25, -0.2) is 4.79 Å². The van der Waals surface area contributed by atoms with Gasteiger partial charge in [0.2, 0.25) is 0 Å². The van der Waals surface area contributed by atoms with E-state index in [0.29, 0.717) is 5.69 Å². The van der Waals surface area contributed by atoms with Crippen molar-refractivity contribution in [2.75, 3.05) is 5.32 Å². The van der Waals surface area contributed by atoms with Crippen LogP contribution < -0.4 is 5.32 Å². The monoisotopic (exact) mass is 261 g/mol. The zero-order chi connectivity index (χ0) is 14.0. The second-order valence-corrected chi connectivity index (χ2v) is 4.33. The number of anilines is 1. The first kappa shape index (κ1) is 13.1. The number of carboxylic acid groups (broad SMARTS) is 1. The third-order valence-electron chi connectivity index (χ3n) is 2.95. The van der Waals surface area contributed by atoms with Gasteiger partial charge in [0.05, 0.1) is 29.2 Å². The summed E-state index contributed by atoms with van der Waals surface area (Å²) in [6, 6.07) is 1.35. The summed E-state index contributed by atoms with van der Waals surface area (Å²) in [7, 11) is 0. The Labute approximate surface area is 110 Å². The second kappa shape index (κ2) is 5.09. The zero-order valence-corrected chi connectivity index (χ0v) is 11.0. The van der Waals surface area contributed by atoms with E-state index in [1.54, 1.807) is 0 Å². The molecule has 0 spiro atoms. The van der Waals surface area contributed by atoms with Gasteiger partial charge in [0.25, 0.3) is 0 Å². The van der Waals surface area contributed by atoms with Crippen LogP contribution >= 0.6 is 0 Å². The highest BCUT2D eigenvalue weighted by Crippen LogP contribution is 2.26. The molecule has 6 nitrogen and oxygen atoms in total. The molecule has 2 aromatic rings. The van der Waals surface area contributed by atoms with Crippen LogP contribution in [-0.2, 0) is 0 Å². The molecule has 6 heteroatoms. The summed E-state index contributed by atoms with van der Waals surface area (Å²) < 4.78 is 5.11. The van der Waals surface area contributed by atoms with Gasteiger partial charge in [-0.2, -0.15) is 0 Å². The zero-order valence-electron chi connectivity index (χ0n) is 11.0. The van der Waals surface area contributed by atoms with E-state index in [2.05, 4.69) is 15.5 Å². The maximum Gasteiger partial charge on any atom is 0.337 e. The van der Waals surface area contributed by atoms with Gasteiger partial charge in [-0.1, -0.05) is 5.16 Å². The van der Waals surface area contributed by atoms with Crippen molar-refractivity contribution in [3.05, 3.63) is 41.0 Å². The second-order valence-electron chi connectivity index (χ2n) is 4.33. The molecule has 0 aromatic carbocycles. The highest BCUT2D eigenvalue weighted by atomic mass is 16.5. The molecule has 0 aliphatic carbocycles. The quantitative estimate of drug-likeness (QED) is 0.879. The van der Waals surface area contributed by atoms with E-state index < -0.39 is 5.97 Å². The molecular weight excluding hydrogens is 246 g/mol. The Hall–Kier alpha value is -2.37. The number of hydrogen-bond acceptors (Lipinski definition) is 5. The Morgan fingerprint density at radius 1 is 1.47 bits per heavy atom. The summed E-state index contributed by atoms with van der Waals surface area (Å²) in [5.41, 5.74) is 2.38. The average Bonchev–Trinajstić information content (AvgIpc) is 2.69. The number of nitrogens with one attached hydrogen (secondary N) is 1. The number of hydrogen-bond donors (Lipinski definition) is 2. The fraction of sp³-hybridized carbons (Fsp3) is 0.308. The van der Waals surface area contributed by atoms with Crippen molar-refractivity contribution < 1.29 is 14.4 Å². The van der Waals surface area contributed by atoms with Gasteiger partial charge >= 0.3 is 5.97 Å². The minimum absolute atomic E-state index is 0.117. The molecule has 1 unspecified atom stereocenters. The summed E-state index contributed by atoms with van der Waals surface area (Å²) in [5.74, 6) is -0.269. The first-order chi connectivity index (χ1) is 9.00. The predicted molar refractivity (Wildman–Crippen MR) is 69.2 cm³/mol.